The van der Waals surface area contributed by atoms with E-state index in [2.05, 4.69) is 0 Å². The van der Waals surface area contributed by atoms with Crippen molar-refractivity contribution in [3.63, 3.8) is 0 Å². The highest BCUT2D eigenvalue weighted by Crippen LogP contribution is 2.31. The van der Waals surface area contributed by atoms with Crippen LogP contribution in [0.5, 0.6) is 0 Å². The molecule has 4 nitrogen and oxygen atoms in total. The summed E-state index contributed by atoms with van der Waals surface area (Å²) in [6.45, 7) is 2.87. The zero-order valence-electron chi connectivity index (χ0n) is 10.8. The fourth-order valence-electron chi connectivity index (χ4n) is 2.19. The maximum Gasteiger partial charge on any atom is 0.243 e. The van der Waals surface area contributed by atoms with Crippen molar-refractivity contribution < 1.29 is 8.42 Å². The molecule has 102 valence electrons. The molecule has 1 aliphatic carbocycles. The molecule has 6 heteroatoms. The molecular weight excluding hydrogens is 268 g/mol. The Morgan fingerprint density at radius 1 is 1.50 bits per heavy atom. The minimum Gasteiger partial charge on any atom is -0.326 e. The maximum atomic E-state index is 12.4. The van der Waals surface area contributed by atoms with Crippen molar-refractivity contribution in [3.05, 3.63) is 15.8 Å². The van der Waals surface area contributed by atoms with Crippen molar-refractivity contribution in [2.24, 2.45) is 11.7 Å². The molecule has 1 fully saturated rings. The Labute approximate surface area is 113 Å². The molecule has 2 N–H and O–H groups in total. The predicted octanol–water partition coefficient (Wildman–Crippen LogP) is 1.94. The molecule has 0 aromatic carbocycles. The van der Waals surface area contributed by atoms with Gasteiger partial charge in [-0.05, 0) is 31.7 Å². The average molecular weight is 288 g/mol. The second kappa shape index (κ2) is 5.28. The monoisotopic (exact) mass is 288 g/mol. The number of hydrogen-bond donors (Lipinski definition) is 1. The smallest absolute Gasteiger partial charge is 0.243 e. The molecule has 2 rings (SSSR count). The van der Waals surface area contributed by atoms with E-state index in [1.54, 1.807) is 13.1 Å². The normalized spacial score (nSPS) is 17.1. The van der Waals surface area contributed by atoms with E-state index < -0.39 is 10.0 Å². The summed E-state index contributed by atoms with van der Waals surface area (Å²) in [6.07, 6.45) is 3.53. The minimum atomic E-state index is -3.34. The van der Waals surface area contributed by atoms with E-state index in [1.807, 2.05) is 6.92 Å². The lowest BCUT2D eigenvalue weighted by Gasteiger charge is -2.29. The van der Waals surface area contributed by atoms with Gasteiger partial charge in [0.05, 0.1) is 4.90 Å². The standard InChI is InChI=1S/C12H20N2O2S2/c1-9-12(6-11(7-13)17-9)18(15,16)14(2)8-10-4-3-5-10/h6,10H,3-5,7-8,13H2,1-2H3. The van der Waals surface area contributed by atoms with Gasteiger partial charge < -0.3 is 5.73 Å². The van der Waals surface area contributed by atoms with Crippen LogP contribution in [0.1, 0.15) is 29.0 Å². The zero-order valence-corrected chi connectivity index (χ0v) is 12.5. The fourth-order valence-corrected chi connectivity index (χ4v) is 4.91. The molecule has 18 heavy (non-hydrogen) atoms. The molecule has 1 aromatic rings. The molecule has 0 unspecified atom stereocenters. The van der Waals surface area contributed by atoms with Crippen LogP contribution >= 0.6 is 11.3 Å². The third kappa shape index (κ3) is 2.61. The number of rotatable bonds is 5. The Morgan fingerprint density at radius 2 is 2.17 bits per heavy atom. The van der Waals surface area contributed by atoms with Crippen LogP contribution in [0.4, 0.5) is 0 Å². The lowest BCUT2D eigenvalue weighted by Crippen LogP contribution is -2.34. The first kappa shape index (κ1) is 14.0. The molecule has 0 atom stereocenters. The highest BCUT2D eigenvalue weighted by molar-refractivity contribution is 7.89. The van der Waals surface area contributed by atoms with Crippen molar-refractivity contribution in [2.75, 3.05) is 13.6 Å². The number of aryl methyl sites for hydroxylation is 1. The van der Waals surface area contributed by atoms with E-state index in [1.165, 1.54) is 22.1 Å². The lowest BCUT2D eigenvalue weighted by atomic mass is 9.86. The predicted molar refractivity (Wildman–Crippen MR) is 74.1 cm³/mol. The summed E-state index contributed by atoms with van der Waals surface area (Å²) in [4.78, 5) is 2.17. The van der Waals surface area contributed by atoms with E-state index in [-0.39, 0.29) is 0 Å². The van der Waals surface area contributed by atoms with Gasteiger partial charge in [-0.1, -0.05) is 6.42 Å². The summed E-state index contributed by atoms with van der Waals surface area (Å²) in [7, 11) is -1.67. The fraction of sp³-hybridized carbons (Fsp3) is 0.667. The maximum absolute atomic E-state index is 12.4. The Hall–Kier alpha value is -0.430. The van der Waals surface area contributed by atoms with Gasteiger partial charge in [-0.15, -0.1) is 11.3 Å². The van der Waals surface area contributed by atoms with Crippen LogP contribution < -0.4 is 5.73 Å². The quantitative estimate of drug-likeness (QED) is 0.900. The van der Waals surface area contributed by atoms with Crippen molar-refractivity contribution in [1.82, 2.24) is 4.31 Å². The van der Waals surface area contributed by atoms with Gasteiger partial charge in [0.15, 0.2) is 0 Å². The van der Waals surface area contributed by atoms with Crippen LogP contribution in [-0.4, -0.2) is 26.3 Å². The van der Waals surface area contributed by atoms with E-state index in [4.69, 9.17) is 5.73 Å². The largest absolute Gasteiger partial charge is 0.326 e. The second-order valence-corrected chi connectivity index (χ2v) is 8.27. The Balaban J connectivity index is 2.20. The molecule has 1 aliphatic rings. The molecule has 1 saturated carbocycles. The highest BCUT2D eigenvalue weighted by Gasteiger charge is 2.28. The Kier molecular flexibility index (Phi) is 4.11. The van der Waals surface area contributed by atoms with Gasteiger partial charge in [0.1, 0.15) is 0 Å². The van der Waals surface area contributed by atoms with Gasteiger partial charge in [-0.3, -0.25) is 0 Å². The van der Waals surface area contributed by atoms with Gasteiger partial charge in [0.25, 0.3) is 0 Å². The summed E-state index contributed by atoms with van der Waals surface area (Å²) < 4.78 is 26.4. The summed E-state index contributed by atoms with van der Waals surface area (Å²) in [6, 6.07) is 1.71. The van der Waals surface area contributed by atoms with Crippen LogP contribution in [0, 0.1) is 12.8 Å². The van der Waals surface area contributed by atoms with Crippen LogP contribution in [0.3, 0.4) is 0 Å². The van der Waals surface area contributed by atoms with E-state index in [0.717, 1.165) is 22.6 Å². The van der Waals surface area contributed by atoms with Crippen molar-refractivity contribution in [2.45, 2.75) is 37.6 Å². The Morgan fingerprint density at radius 3 is 2.61 bits per heavy atom. The molecule has 0 aliphatic heterocycles. The zero-order chi connectivity index (χ0) is 13.3. The van der Waals surface area contributed by atoms with Gasteiger partial charge in [-0.25, -0.2) is 12.7 Å². The highest BCUT2D eigenvalue weighted by atomic mass is 32.2. The molecule has 0 bridgehead atoms. The minimum absolute atomic E-state index is 0.396. The second-order valence-electron chi connectivity index (χ2n) is 4.92. The lowest BCUT2D eigenvalue weighted by molar-refractivity contribution is 0.263. The van der Waals surface area contributed by atoms with E-state index in [9.17, 15) is 8.42 Å². The van der Waals surface area contributed by atoms with Crippen molar-refractivity contribution >= 4 is 21.4 Å². The summed E-state index contributed by atoms with van der Waals surface area (Å²) in [5.41, 5.74) is 5.56. The van der Waals surface area contributed by atoms with Crippen LogP contribution in [0.25, 0.3) is 0 Å². The molecule has 0 amide bonds. The summed E-state index contributed by atoms with van der Waals surface area (Å²) in [5, 5.41) is 0. The third-order valence-electron chi connectivity index (χ3n) is 3.55. The number of nitrogens with zero attached hydrogens (tertiary/aromatic N) is 1. The van der Waals surface area contributed by atoms with Gasteiger partial charge in [0.2, 0.25) is 10.0 Å². The van der Waals surface area contributed by atoms with Gasteiger partial charge in [-0.2, -0.15) is 0 Å². The van der Waals surface area contributed by atoms with Crippen molar-refractivity contribution in [3.8, 4) is 0 Å². The molecule has 1 aromatic heterocycles. The van der Waals surface area contributed by atoms with E-state index in [0.29, 0.717) is 23.9 Å². The van der Waals surface area contributed by atoms with Crippen LogP contribution in [0.2, 0.25) is 0 Å². The van der Waals surface area contributed by atoms with Crippen LogP contribution in [0.15, 0.2) is 11.0 Å². The van der Waals surface area contributed by atoms with Gasteiger partial charge in [0, 0.05) is 29.9 Å². The molecule has 0 spiro atoms. The molecular formula is C12H20N2O2S2. The molecule has 0 radical (unpaired) electrons. The summed E-state index contributed by atoms with van der Waals surface area (Å²) >= 11 is 1.47. The number of hydrogen-bond acceptors (Lipinski definition) is 4. The average Bonchev–Trinajstić information content (AvgIpc) is 2.65. The van der Waals surface area contributed by atoms with Crippen LogP contribution in [-0.2, 0) is 16.6 Å². The first-order valence-electron chi connectivity index (χ1n) is 6.21. The van der Waals surface area contributed by atoms with Gasteiger partial charge >= 0.3 is 0 Å². The Bertz CT molecular complexity index is 518. The van der Waals surface area contributed by atoms with Crippen molar-refractivity contribution in [1.29, 1.82) is 0 Å². The topological polar surface area (TPSA) is 63.4 Å². The first-order chi connectivity index (χ1) is 8.45. The number of nitrogens with two attached hydrogens (primary N) is 1. The summed E-state index contributed by atoms with van der Waals surface area (Å²) in [5.74, 6) is 0.540. The molecule has 0 saturated heterocycles. The number of thiophene rings is 1. The first-order valence-corrected chi connectivity index (χ1v) is 8.46. The molecule has 1 heterocycles. The van der Waals surface area contributed by atoms with E-state index >= 15 is 0 Å². The third-order valence-corrected chi connectivity index (χ3v) is 6.70. The SMILES string of the molecule is Cc1sc(CN)cc1S(=O)(=O)N(C)CC1CCC1. The number of sulfonamides is 1.